The highest BCUT2D eigenvalue weighted by Gasteiger charge is 2.33. The second-order valence-corrected chi connectivity index (χ2v) is 19.2. The quantitative estimate of drug-likeness (QED) is 0.181. The summed E-state index contributed by atoms with van der Waals surface area (Å²) in [6.07, 6.45) is 12.2. The zero-order chi connectivity index (χ0) is 34.6. The first kappa shape index (κ1) is 35.3. The van der Waals surface area contributed by atoms with Crippen molar-refractivity contribution in [3.63, 3.8) is 0 Å². The van der Waals surface area contributed by atoms with Gasteiger partial charge in [-0.25, -0.2) is 22.8 Å². The normalized spacial score (nSPS) is 14.1. The number of hydrogen-bond donors (Lipinski definition) is 0. The second kappa shape index (κ2) is 14.6. The highest BCUT2D eigenvalue weighted by atomic mass is 35.5. The molecule has 0 atom stereocenters. The molecule has 0 unspecified atom stereocenters. The summed E-state index contributed by atoms with van der Waals surface area (Å²) in [5, 5.41) is 9.35. The average molecular weight is 717 g/mol. The summed E-state index contributed by atoms with van der Waals surface area (Å²) in [5.74, 6) is 1.98. The summed E-state index contributed by atoms with van der Waals surface area (Å²) in [6.45, 7) is 2.75. The van der Waals surface area contributed by atoms with E-state index in [2.05, 4.69) is 33.9 Å². The third-order valence-electron chi connectivity index (χ3n) is 8.01. The molecule has 0 radical (unpaired) electrons. The van der Waals surface area contributed by atoms with E-state index in [9.17, 15) is 13.2 Å². The molecule has 1 aliphatic rings. The average Bonchev–Trinajstić information content (AvgIpc) is 3.74. The topological polar surface area (TPSA) is 133 Å². The van der Waals surface area contributed by atoms with E-state index in [0.29, 0.717) is 58.9 Å². The fourth-order valence-corrected chi connectivity index (χ4v) is 7.87. The van der Waals surface area contributed by atoms with Crippen LogP contribution in [0, 0.1) is 0 Å². The number of rotatable bonds is 13. The maximum atomic E-state index is 14.5. The fourth-order valence-electron chi connectivity index (χ4n) is 5.46. The number of furan rings is 1. The maximum absolute atomic E-state index is 14.5. The van der Waals surface area contributed by atoms with Crippen LogP contribution in [-0.4, -0.2) is 103 Å². The van der Waals surface area contributed by atoms with Gasteiger partial charge in [-0.1, -0.05) is 23.7 Å². The monoisotopic (exact) mass is 716 g/mol. The number of ether oxygens (including phenoxy) is 2. The second-order valence-electron chi connectivity index (χ2n) is 12.2. The lowest BCUT2D eigenvalue weighted by atomic mass is 9.97. The number of anilines is 1. The van der Waals surface area contributed by atoms with Gasteiger partial charge in [-0.3, -0.25) is 14.3 Å². The van der Waals surface area contributed by atoms with Gasteiger partial charge in [0, 0.05) is 50.4 Å². The van der Waals surface area contributed by atoms with Crippen LogP contribution in [0.1, 0.15) is 24.6 Å². The Morgan fingerprint density at radius 2 is 1.79 bits per heavy atom. The summed E-state index contributed by atoms with van der Waals surface area (Å²) >= 11 is 6.36. The Bertz CT molecular complexity index is 1880. The maximum Gasteiger partial charge on any atom is 0.246 e. The molecular weight excluding hydrogens is 676 g/mol. The number of amides is 1. The van der Waals surface area contributed by atoms with Gasteiger partial charge in [0.25, 0.3) is 0 Å². The Hall–Kier alpha value is -4.01. The molecule has 15 heteroatoms. The van der Waals surface area contributed by atoms with E-state index < -0.39 is 20.1 Å². The number of hydrogen-bond acceptors (Lipinski definition) is 9. The molecular formula is C33H41ClN6O6S2. The van der Waals surface area contributed by atoms with Crippen molar-refractivity contribution in [3.05, 3.63) is 71.2 Å². The number of para-hydroxylation sites is 1. The molecule has 0 bridgehead atoms. The lowest BCUT2D eigenvalue weighted by molar-refractivity contribution is -0.128. The highest BCUT2D eigenvalue weighted by molar-refractivity contribution is 8.32. The largest absolute Gasteiger partial charge is 0.494 e. The van der Waals surface area contributed by atoms with E-state index in [4.69, 9.17) is 25.5 Å². The minimum Gasteiger partial charge on any atom is -0.494 e. The van der Waals surface area contributed by atoms with Crippen LogP contribution < -0.4 is 13.8 Å². The van der Waals surface area contributed by atoms with Gasteiger partial charge in [0.1, 0.15) is 17.2 Å². The van der Waals surface area contributed by atoms with Crippen LogP contribution in [0.4, 0.5) is 5.95 Å². The molecule has 4 heterocycles. The Morgan fingerprint density at radius 1 is 1.06 bits per heavy atom. The van der Waals surface area contributed by atoms with Crippen LogP contribution in [0.3, 0.4) is 0 Å². The third-order valence-corrected chi connectivity index (χ3v) is 11.4. The molecule has 3 aromatic heterocycles. The van der Waals surface area contributed by atoms with E-state index in [0.717, 1.165) is 11.1 Å². The zero-order valence-electron chi connectivity index (χ0n) is 28.0. The molecule has 5 rings (SSSR count). The highest BCUT2D eigenvalue weighted by Crippen LogP contribution is 2.40. The molecule has 0 aliphatic carbocycles. The first-order valence-electron chi connectivity index (χ1n) is 15.3. The number of methoxy groups -OCH3 is 2. The van der Waals surface area contributed by atoms with Gasteiger partial charge < -0.3 is 18.8 Å². The van der Waals surface area contributed by atoms with Gasteiger partial charge in [-0.2, -0.15) is 0 Å². The first-order chi connectivity index (χ1) is 22.8. The number of aryl methyl sites for hydroxylation is 1. The summed E-state index contributed by atoms with van der Waals surface area (Å²) in [4.78, 5) is 18.2. The lowest BCUT2D eigenvalue weighted by Crippen LogP contribution is -2.38. The smallest absolute Gasteiger partial charge is 0.246 e. The molecule has 1 aromatic carbocycles. The third kappa shape index (κ3) is 7.82. The van der Waals surface area contributed by atoms with E-state index in [-0.39, 0.29) is 36.4 Å². The van der Waals surface area contributed by atoms with Crippen LogP contribution in [0.25, 0.3) is 22.8 Å². The molecule has 1 aliphatic heterocycles. The number of halogens is 1. The summed E-state index contributed by atoms with van der Waals surface area (Å²) in [5.41, 5.74) is 2.81. The van der Waals surface area contributed by atoms with Crippen molar-refractivity contribution in [3.8, 4) is 28.8 Å². The van der Waals surface area contributed by atoms with Crippen molar-refractivity contribution in [2.45, 2.75) is 19.8 Å². The standard InChI is InChI=1S/C33H41ClN6O6S2/c1-23(41)38-15-12-24(13-16-38)26-21-25(34)22-35-27(26)14-19-48(42,43)39(17-20-47(4,5)6)33-37-36-32(30-11-8-18-46-30)40(33)31-28(44-2)9-7-10-29(31)45-3/h7-12,18,21-22H,13-17,19-20H2,1-6H3. The van der Waals surface area contributed by atoms with Crippen molar-refractivity contribution < 1.29 is 27.1 Å². The van der Waals surface area contributed by atoms with E-state index in [1.807, 2.05) is 12.1 Å². The van der Waals surface area contributed by atoms with Crippen molar-refractivity contribution in [1.82, 2.24) is 24.6 Å². The van der Waals surface area contributed by atoms with Crippen molar-refractivity contribution >= 4 is 49.1 Å². The van der Waals surface area contributed by atoms with Crippen molar-refractivity contribution in [2.75, 3.05) is 68.4 Å². The SMILES string of the molecule is COc1cccc(OC)c1-n1c(-c2ccco2)nnc1N(CCS(C)(C)C)S(=O)(=O)CCc1ncc(Cl)cc1C1=CCN(C(C)=O)CC1. The van der Waals surface area contributed by atoms with Crippen LogP contribution in [0.15, 0.2) is 59.4 Å². The van der Waals surface area contributed by atoms with Crippen molar-refractivity contribution in [1.29, 1.82) is 0 Å². The molecule has 4 aromatic rings. The Morgan fingerprint density at radius 3 is 2.38 bits per heavy atom. The van der Waals surface area contributed by atoms with E-state index in [1.165, 1.54) is 31.0 Å². The molecule has 12 nitrogen and oxygen atoms in total. The van der Waals surface area contributed by atoms with Gasteiger partial charge in [0.2, 0.25) is 27.7 Å². The number of benzene rings is 1. The number of nitrogens with zero attached hydrogens (tertiary/aromatic N) is 6. The Kier molecular flexibility index (Phi) is 10.8. The van der Waals surface area contributed by atoms with Gasteiger partial charge in [0.05, 0.1) is 31.3 Å². The van der Waals surface area contributed by atoms with Gasteiger partial charge in [0.15, 0.2) is 5.76 Å². The van der Waals surface area contributed by atoms with Gasteiger partial charge in [-0.05, 0) is 66.8 Å². The van der Waals surface area contributed by atoms with Crippen molar-refractivity contribution in [2.24, 2.45) is 0 Å². The molecule has 48 heavy (non-hydrogen) atoms. The zero-order valence-corrected chi connectivity index (χ0v) is 30.4. The number of carbonyl (C=O) groups excluding carboxylic acids is 1. The number of pyridine rings is 1. The molecule has 0 N–H and O–H groups in total. The van der Waals surface area contributed by atoms with Crippen LogP contribution in [0.5, 0.6) is 11.5 Å². The van der Waals surface area contributed by atoms with E-state index in [1.54, 1.807) is 46.7 Å². The number of carbonyl (C=O) groups is 1. The molecule has 0 fully saturated rings. The minimum atomic E-state index is -4.03. The molecule has 0 saturated carbocycles. The molecule has 0 spiro atoms. The van der Waals surface area contributed by atoms with Gasteiger partial charge >= 0.3 is 0 Å². The number of aromatic nitrogens is 4. The van der Waals surface area contributed by atoms with Gasteiger partial charge in [-0.15, -0.1) is 10.2 Å². The fraction of sp³-hybridized carbons (Fsp3) is 0.394. The summed E-state index contributed by atoms with van der Waals surface area (Å²) in [7, 11) is -2.10. The Labute approximate surface area is 288 Å². The van der Waals surface area contributed by atoms with Crippen LogP contribution in [0.2, 0.25) is 5.02 Å². The predicted molar refractivity (Wildman–Crippen MR) is 191 cm³/mol. The molecule has 1 amide bonds. The summed E-state index contributed by atoms with van der Waals surface area (Å²) in [6, 6.07) is 10.6. The first-order valence-corrected chi connectivity index (χ1v) is 20.3. The Balaban J connectivity index is 1.58. The van der Waals surface area contributed by atoms with Crippen LogP contribution in [-0.2, 0) is 21.2 Å². The van der Waals surface area contributed by atoms with Crippen LogP contribution >= 0.6 is 21.6 Å². The van der Waals surface area contributed by atoms with E-state index >= 15 is 0 Å². The molecule has 0 saturated heterocycles. The predicted octanol–water partition coefficient (Wildman–Crippen LogP) is 5.30. The molecule has 258 valence electrons. The number of sulfonamides is 1. The minimum absolute atomic E-state index is 0.00631. The summed E-state index contributed by atoms with van der Waals surface area (Å²) < 4.78 is 49.2. The lowest BCUT2D eigenvalue weighted by Gasteiger charge is -2.31.